The molecule has 0 saturated carbocycles. The number of nitrogen functional groups attached to an aromatic ring is 2. The van der Waals surface area contributed by atoms with E-state index < -0.39 is 0 Å². The Morgan fingerprint density at radius 2 is 2.18 bits per heavy atom. The van der Waals surface area contributed by atoms with E-state index >= 15 is 0 Å². The van der Waals surface area contributed by atoms with E-state index in [0.29, 0.717) is 11.4 Å². The molecule has 3 heteroatoms. The van der Waals surface area contributed by atoms with Crippen LogP contribution in [0.3, 0.4) is 0 Å². The predicted molar refractivity (Wildman–Crippen MR) is 45.8 cm³/mol. The molecule has 2 rings (SSSR count). The van der Waals surface area contributed by atoms with Crippen LogP contribution in [-0.2, 0) is 6.42 Å². The van der Waals surface area contributed by atoms with Crippen molar-refractivity contribution in [1.29, 1.82) is 0 Å². The van der Waals surface area contributed by atoms with Gasteiger partial charge in [0.2, 0.25) is 0 Å². The van der Waals surface area contributed by atoms with Gasteiger partial charge in [0, 0.05) is 12.0 Å². The second-order valence-electron chi connectivity index (χ2n) is 2.59. The monoisotopic (exact) mass is 147 g/mol. The third-order valence-electron chi connectivity index (χ3n) is 1.87. The van der Waals surface area contributed by atoms with Crippen LogP contribution in [0.5, 0.6) is 0 Å². The van der Waals surface area contributed by atoms with E-state index in [1.54, 1.807) is 6.20 Å². The number of anilines is 2. The summed E-state index contributed by atoms with van der Waals surface area (Å²) >= 11 is 0. The van der Waals surface area contributed by atoms with Crippen molar-refractivity contribution in [3.8, 4) is 0 Å². The topological polar surface area (TPSA) is 64.9 Å². The van der Waals surface area contributed by atoms with Gasteiger partial charge in [0.25, 0.3) is 0 Å². The maximum Gasteiger partial charge on any atom is 0.0740 e. The highest BCUT2D eigenvalue weighted by Gasteiger charge is 2.10. The van der Waals surface area contributed by atoms with Crippen molar-refractivity contribution in [3.05, 3.63) is 23.5 Å². The predicted octanol–water partition coefficient (Wildman–Crippen LogP) is 0.815. The summed E-state index contributed by atoms with van der Waals surface area (Å²) < 4.78 is 0. The van der Waals surface area contributed by atoms with Crippen molar-refractivity contribution in [1.82, 2.24) is 4.98 Å². The average molecular weight is 147 g/mol. The molecule has 1 aromatic rings. The summed E-state index contributed by atoms with van der Waals surface area (Å²) in [7, 11) is 0. The number of hydrogen-bond acceptors (Lipinski definition) is 3. The minimum Gasteiger partial charge on any atom is -0.396 e. The SMILES string of the molecule is Nc1cnc2c(c1N)C=CC2. The van der Waals surface area contributed by atoms with Gasteiger partial charge in [-0.25, -0.2) is 0 Å². The van der Waals surface area contributed by atoms with Crippen molar-refractivity contribution in [2.45, 2.75) is 6.42 Å². The Morgan fingerprint density at radius 3 is 3.00 bits per heavy atom. The van der Waals surface area contributed by atoms with Crippen molar-refractivity contribution in [2.75, 3.05) is 11.5 Å². The van der Waals surface area contributed by atoms with Gasteiger partial charge in [0.05, 0.1) is 23.3 Å². The van der Waals surface area contributed by atoms with E-state index in [1.807, 2.05) is 12.2 Å². The molecule has 0 atom stereocenters. The molecule has 0 spiro atoms. The number of nitrogens with zero attached hydrogens (tertiary/aromatic N) is 1. The van der Waals surface area contributed by atoms with E-state index in [9.17, 15) is 0 Å². The number of fused-ring (bicyclic) bond motifs is 1. The first kappa shape index (κ1) is 6.22. The van der Waals surface area contributed by atoms with Crippen LogP contribution in [0.15, 0.2) is 12.3 Å². The molecule has 0 radical (unpaired) electrons. The molecular weight excluding hydrogens is 138 g/mol. The van der Waals surface area contributed by atoms with Crippen LogP contribution in [0.1, 0.15) is 11.3 Å². The Balaban J connectivity index is 2.70. The third-order valence-corrected chi connectivity index (χ3v) is 1.87. The zero-order valence-corrected chi connectivity index (χ0v) is 6.04. The highest BCUT2D eigenvalue weighted by atomic mass is 14.8. The normalized spacial score (nSPS) is 13.5. The Bertz CT molecular complexity index is 328. The fourth-order valence-corrected chi connectivity index (χ4v) is 1.23. The molecule has 3 nitrogen and oxygen atoms in total. The largest absolute Gasteiger partial charge is 0.396 e. The van der Waals surface area contributed by atoms with Crippen molar-refractivity contribution >= 4 is 17.5 Å². The van der Waals surface area contributed by atoms with Crippen LogP contribution in [0.4, 0.5) is 11.4 Å². The summed E-state index contributed by atoms with van der Waals surface area (Å²) in [5, 5.41) is 0. The highest BCUT2D eigenvalue weighted by molar-refractivity contribution is 5.78. The van der Waals surface area contributed by atoms with Crippen LogP contribution >= 0.6 is 0 Å². The van der Waals surface area contributed by atoms with Gasteiger partial charge in [-0.2, -0.15) is 0 Å². The number of pyridine rings is 1. The van der Waals surface area contributed by atoms with E-state index in [0.717, 1.165) is 17.7 Å². The summed E-state index contributed by atoms with van der Waals surface area (Å²) in [6.45, 7) is 0. The zero-order valence-electron chi connectivity index (χ0n) is 6.04. The molecule has 0 unspecified atom stereocenters. The molecule has 0 saturated heterocycles. The Kier molecular flexibility index (Phi) is 1.12. The zero-order chi connectivity index (χ0) is 7.84. The molecule has 0 aromatic carbocycles. The Hall–Kier alpha value is -1.51. The van der Waals surface area contributed by atoms with E-state index in [2.05, 4.69) is 4.98 Å². The summed E-state index contributed by atoms with van der Waals surface area (Å²) in [6.07, 6.45) is 6.49. The first-order valence-corrected chi connectivity index (χ1v) is 3.48. The van der Waals surface area contributed by atoms with Crippen LogP contribution < -0.4 is 11.5 Å². The average Bonchev–Trinajstić information content (AvgIpc) is 2.45. The quantitative estimate of drug-likeness (QED) is 0.570. The highest BCUT2D eigenvalue weighted by Crippen LogP contribution is 2.27. The number of hydrogen-bond donors (Lipinski definition) is 2. The van der Waals surface area contributed by atoms with E-state index in [1.165, 1.54) is 0 Å². The molecule has 56 valence electrons. The van der Waals surface area contributed by atoms with Gasteiger partial charge in [0.15, 0.2) is 0 Å². The van der Waals surface area contributed by atoms with Gasteiger partial charge in [0.1, 0.15) is 0 Å². The maximum absolute atomic E-state index is 5.72. The molecule has 0 fully saturated rings. The number of allylic oxidation sites excluding steroid dienone is 1. The molecule has 1 aromatic heterocycles. The standard InChI is InChI=1S/C8H9N3/c9-6-4-11-7-3-1-2-5(7)8(6)10/h1-2,4H,3,9H2,(H2,10,11). The lowest BCUT2D eigenvalue weighted by molar-refractivity contribution is 1.13. The van der Waals surface area contributed by atoms with Gasteiger partial charge < -0.3 is 11.5 Å². The Morgan fingerprint density at radius 1 is 1.36 bits per heavy atom. The Labute approximate surface area is 64.7 Å². The molecule has 1 aliphatic rings. The lowest BCUT2D eigenvalue weighted by atomic mass is 10.2. The van der Waals surface area contributed by atoms with Crippen LogP contribution in [0.2, 0.25) is 0 Å². The summed E-state index contributed by atoms with van der Waals surface area (Å²) in [5.41, 5.74) is 14.5. The van der Waals surface area contributed by atoms with Crippen LogP contribution in [0, 0.1) is 0 Å². The summed E-state index contributed by atoms with van der Waals surface area (Å²) in [5.74, 6) is 0. The fraction of sp³-hybridized carbons (Fsp3) is 0.125. The van der Waals surface area contributed by atoms with Gasteiger partial charge in [-0.1, -0.05) is 12.2 Å². The number of nitrogens with two attached hydrogens (primary N) is 2. The smallest absolute Gasteiger partial charge is 0.0740 e. The van der Waals surface area contributed by atoms with Crippen molar-refractivity contribution in [2.24, 2.45) is 0 Å². The molecule has 11 heavy (non-hydrogen) atoms. The van der Waals surface area contributed by atoms with Crippen LogP contribution in [-0.4, -0.2) is 4.98 Å². The second kappa shape index (κ2) is 1.99. The first-order chi connectivity index (χ1) is 5.29. The molecule has 0 aliphatic heterocycles. The third kappa shape index (κ3) is 0.774. The lowest BCUT2D eigenvalue weighted by Crippen LogP contribution is -2.00. The lowest BCUT2D eigenvalue weighted by Gasteiger charge is -2.03. The fourth-order valence-electron chi connectivity index (χ4n) is 1.23. The summed E-state index contributed by atoms with van der Waals surface area (Å²) in [6, 6.07) is 0. The molecule has 0 bridgehead atoms. The first-order valence-electron chi connectivity index (χ1n) is 3.48. The second-order valence-corrected chi connectivity index (χ2v) is 2.59. The summed E-state index contributed by atoms with van der Waals surface area (Å²) in [4.78, 5) is 4.15. The van der Waals surface area contributed by atoms with Gasteiger partial charge in [-0.3, -0.25) is 4.98 Å². The maximum atomic E-state index is 5.72. The van der Waals surface area contributed by atoms with E-state index in [4.69, 9.17) is 11.5 Å². The minimum atomic E-state index is 0.565. The van der Waals surface area contributed by atoms with Gasteiger partial charge >= 0.3 is 0 Å². The number of aromatic nitrogens is 1. The van der Waals surface area contributed by atoms with Crippen LogP contribution in [0.25, 0.3) is 6.08 Å². The molecular formula is C8H9N3. The number of rotatable bonds is 0. The molecule has 1 aliphatic carbocycles. The molecule has 4 N–H and O–H groups in total. The van der Waals surface area contributed by atoms with Crippen molar-refractivity contribution in [3.63, 3.8) is 0 Å². The molecule has 1 heterocycles. The minimum absolute atomic E-state index is 0.565. The van der Waals surface area contributed by atoms with E-state index in [-0.39, 0.29) is 0 Å². The van der Waals surface area contributed by atoms with Gasteiger partial charge in [-0.15, -0.1) is 0 Å². The molecule has 0 amide bonds. The van der Waals surface area contributed by atoms with Gasteiger partial charge in [-0.05, 0) is 0 Å². The van der Waals surface area contributed by atoms with Crippen molar-refractivity contribution < 1.29 is 0 Å².